The second-order valence-corrected chi connectivity index (χ2v) is 9.26. The maximum absolute atomic E-state index is 12.5. The van der Waals surface area contributed by atoms with Crippen molar-refractivity contribution in [3.63, 3.8) is 0 Å². The number of carbonyl (C=O) groups excluding carboxylic acids is 1. The minimum atomic E-state index is -3.46. The van der Waals surface area contributed by atoms with Gasteiger partial charge in [-0.15, -0.1) is 0 Å². The topological polar surface area (TPSA) is 66.5 Å². The maximum atomic E-state index is 12.5. The SMILES string of the molecule is CCCCN(C)C(=O)C1CCC(CNS(=O)(=O)c2ccc(C)cc2)CC1. The molecule has 0 heterocycles. The first-order valence-corrected chi connectivity index (χ1v) is 11.1. The molecule has 0 atom stereocenters. The Labute approximate surface area is 158 Å². The zero-order chi connectivity index (χ0) is 19.2. The number of amides is 1. The van der Waals surface area contributed by atoms with E-state index in [0.29, 0.717) is 17.4 Å². The first kappa shape index (κ1) is 20.9. The molecule has 0 saturated heterocycles. The third kappa shape index (κ3) is 5.81. The van der Waals surface area contributed by atoms with Crippen LogP contribution in [0.4, 0.5) is 0 Å². The van der Waals surface area contributed by atoms with Crippen LogP contribution >= 0.6 is 0 Å². The van der Waals surface area contributed by atoms with Crippen molar-refractivity contribution < 1.29 is 13.2 Å². The molecule has 1 aromatic rings. The van der Waals surface area contributed by atoms with E-state index in [1.165, 1.54) is 0 Å². The van der Waals surface area contributed by atoms with Crippen molar-refractivity contribution in [3.8, 4) is 0 Å². The fraction of sp³-hybridized carbons (Fsp3) is 0.650. The molecule has 26 heavy (non-hydrogen) atoms. The zero-order valence-electron chi connectivity index (χ0n) is 16.2. The van der Waals surface area contributed by atoms with Crippen LogP contribution in [0.15, 0.2) is 29.2 Å². The van der Waals surface area contributed by atoms with Gasteiger partial charge in [-0.3, -0.25) is 4.79 Å². The molecule has 0 aliphatic heterocycles. The van der Waals surface area contributed by atoms with Gasteiger partial charge in [-0.1, -0.05) is 31.0 Å². The molecule has 6 heteroatoms. The number of rotatable bonds is 8. The molecule has 0 aromatic heterocycles. The van der Waals surface area contributed by atoms with Gasteiger partial charge in [0.25, 0.3) is 0 Å². The molecule has 1 N–H and O–H groups in total. The van der Waals surface area contributed by atoms with Gasteiger partial charge in [-0.25, -0.2) is 13.1 Å². The Balaban J connectivity index is 1.80. The van der Waals surface area contributed by atoms with Crippen molar-refractivity contribution in [3.05, 3.63) is 29.8 Å². The van der Waals surface area contributed by atoms with Crippen molar-refractivity contribution in [2.75, 3.05) is 20.1 Å². The van der Waals surface area contributed by atoms with Crippen LogP contribution in [0.2, 0.25) is 0 Å². The molecule has 1 aliphatic rings. The monoisotopic (exact) mass is 380 g/mol. The molecule has 1 aliphatic carbocycles. The smallest absolute Gasteiger partial charge is 0.240 e. The minimum Gasteiger partial charge on any atom is -0.346 e. The van der Waals surface area contributed by atoms with Gasteiger partial charge in [0.05, 0.1) is 4.90 Å². The predicted octanol–water partition coefficient (Wildman–Crippen LogP) is 3.34. The quantitative estimate of drug-likeness (QED) is 0.752. The summed E-state index contributed by atoms with van der Waals surface area (Å²) in [7, 11) is -1.57. The van der Waals surface area contributed by atoms with Crippen LogP contribution in [0, 0.1) is 18.8 Å². The summed E-state index contributed by atoms with van der Waals surface area (Å²) in [5, 5.41) is 0. The fourth-order valence-electron chi connectivity index (χ4n) is 3.46. The average molecular weight is 381 g/mol. The Morgan fingerprint density at radius 2 is 1.77 bits per heavy atom. The van der Waals surface area contributed by atoms with Gasteiger partial charge in [0, 0.05) is 26.1 Å². The van der Waals surface area contributed by atoms with Crippen molar-refractivity contribution in [2.45, 2.75) is 57.3 Å². The summed E-state index contributed by atoms with van der Waals surface area (Å²) in [6, 6.07) is 6.89. The van der Waals surface area contributed by atoms with Gasteiger partial charge < -0.3 is 4.90 Å². The molecule has 146 valence electrons. The predicted molar refractivity (Wildman–Crippen MR) is 104 cm³/mol. The van der Waals surface area contributed by atoms with Crippen molar-refractivity contribution in [1.82, 2.24) is 9.62 Å². The van der Waals surface area contributed by atoms with E-state index in [-0.39, 0.29) is 11.8 Å². The van der Waals surface area contributed by atoms with Crippen molar-refractivity contribution >= 4 is 15.9 Å². The Kier molecular flexibility index (Phi) is 7.65. The number of benzene rings is 1. The number of carbonyl (C=O) groups is 1. The molecule has 0 unspecified atom stereocenters. The van der Waals surface area contributed by atoms with Crippen molar-refractivity contribution in [2.24, 2.45) is 11.8 Å². The summed E-state index contributed by atoms with van der Waals surface area (Å²) in [5.41, 5.74) is 1.04. The molecule has 0 spiro atoms. The summed E-state index contributed by atoms with van der Waals surface area (Å²) in [6.45, 7) is 5.33. The van der Waals surface area contributed by atoms with Crippen LogP contribution in [0.3, 0.4) is 0 Å². The summed E-state index contributed by atoms with van der Waals surface area (Å²) < 4.78 is 27.5. The number of nitrogens with zero attached hydrogens (tertiary/aromatic N) is 1. The van der Waals surface area contributed by atoms with Crippen LogP contribution in [0.25, 0.3) is 0 Å². The van der Waals surface area contributed by atoms with Gasteiger partial charge in [0.15, 0.2) is 0 Å². The third-order valence-corrected chi connectivity index (χ3v) is 6.75. The largest absolute Gasteiger partial charge is 0.346 e. The van der Waals surface area contributed by atoms with Crippen LogP contribution < -0.4 is 4.72 Å². The van der Waals surface area contributed by atoms with E-state index >= 15 is 0 Å². The summed E-state index contributed by atoms with van der Waals surface area (Å²) in [4.78, 5) is 14.6. The highest BCUT2D eigenvalue weighted by atomic mass is 32.2. The number of sulfonamides is 1. The summed E-state index contributed by atoms with van der Waals surface area (Å²) in [5.74, 6) is 0.652. The highest BCUT2D eigenvalue weighted by molar-refractivity contribution is 7.89. The summed E-state index contributed by atoms with van der Waals surface area (Å²) in [6.07, 6.45) is 5.63. The van der Waals surface area contributed by atoms with Crippen LogP contribution in [0.5, 0.6) is 0 Å². The van der Waals surface area contributed by atoms with E-state index in [1.807, 2.05) is 18.9 Å². The second-order valence-electron chi connectivity index (χ2n) is 7.50. The number of aryl methyl sites for hydroxylation is 1. The lowest BCUT2D eigenvalue weighted by molar-refractivity contribution is -0.135. The van der Waals surface area contributed by atoms with Gasteiger partial charge >= 0.3 is 0 Å². The van der Waals surface area contributed by atoms with Gasteiger partial charge in [0.2, 0.25) is 15.9 Å². The van der Waals surface area contributed by atoms with Crippen LogP contribution in [0.1, 0.15) is 51.0 Å². The molecular weight excluding hydrogens is 348 g/mol. The van der Waals surface area contributed by atoms with Gasteiger partial charge in [-0.05, 0) is 57.1 Å². The molecule has 0 bridgehead atoms. The lowest BCUT2D eigenvalue weighted by atomic mass is 9.81. The minimum absolute atomic E-state index is 0.0989. The molecule has 1 fully saturated rings. The average Bonchev–Trinajstić information content (AvgIpc) is 2.64. The molecule has 0 radical (unpaired) electrons. The molecule has 1 amide bonds. The Morgan fingerprint density at radius 3 is 2.35 bits per heavy atom. The van der Waals surface area contributed by atoms with Crippen LogP contribution in [-0.4, -0.2) is 39.4 Å². The van der Waals surface area contributed by atoms with Gasteiger partial charge in [0.1, 0.15) is 0 Å². The van der Waals surface area contributed by atoms with E-state index in [9.17, 15) is 13.2 Å². The number of nitrogens with one attached hydrogen (secondary N) is 1. The first-order chi connectivity index (χ1) is 12.3. The van der Waals surface area contributed by atoms with E-state index in [2.05, 4.69) is 11.6 Å². The molecule has 5 nitrogen and oxygen atoms in total. The first-order valence-electron chi connectivity index (χ1n) is 9.64. The lowest BCUT2D eigenvalue weighted by Crippen LogP contribution is -2.37. The van der Waals surface area contributed by atoms with Crippen LogP contribution in [-0.2, 0) is 14.8 Å². The number of hydrogen-bond acceptors (Lipinski definition) is 3. The van der Waals surface area contributed by atoms with E-state index < -0.39 is 10.0 Å². The van der Waals surface area contributed by atoms with E-state index in [1.54, 1.807) is 24.3 Å². The summed E-state index contributed by atoms with van der Waals surface area (Å²) >= 11 is 0. The molecule has 2 rings (SSSR count). The van der Waals surface area contributed by atoms with Crippen molar-refractivity contribution in [1.29, 1.82) is 0 Å². The maximum Gasteiger partial charge on any atom is 0.240 e. The Hall–Kier alpha value is -1.40. The van der Waals surface area contributed by atoms with E-state index in [0.717, 1.165) is 50.6 Å². The standard InChI is InChI=1S/C20H32N2O3S/c1-4-5-14-22(3)20(23)18-10-8-17(9-11-18)15-21-26(24,25)19-12-6-16(2)7-13-19/h6-7,12-13,17-18,21H,4-5,8-11,14-15H2,1-3H3. The highest BCUT2D eigenvalue weighted by Gasteiger charge is 2.28. The normalized spacial score (nSPS) is 20.7. The molecular formula is C20H32N2O3S. The number of unbranched alkanes of at least 4 members (excludes halogenated alkanes) is 1. The zero-order valence-corrected chi connectivity index (χ0v) is 17.0. The molecule has 1 aromatic carbocycles. The van der Waals surface area contributed by atoms with E-state index in [4.69, 9.17) is 0 Å². The molecule has 1 saturated carbocycles. The fourth-order valence-corrected chi connectivity index (χ4v) is 4.58. The highest BCUT2D eigenvalue weighted by Crippen LogP contribution is 2.30. The number of hydrogen-bond donors (Lipinski definition) is 1. The third-order valence-electron chi connectivity index (χ3n) is 5.31. The van der Waals surface area contributed by atoms with Gasteiger partial charge in [-0.2, -0.15) is 0 Å². The lowest BCUT2D eigenvalue weighted by Gasteiger charge is -2.30. The Bertz CT molecular complexity index is 678. The second kappa shape index (κ2) is 9.51. The Morgan fingerprint density at radius 1 is 1.15 bits per heavy atom.